The second-order valence-electron chi connectivity index (χ2n) is 6.53. The lowest BCUT2D eigenvalue weighted by atomic mass is 10.2. The van der Waals surface area contributed by atoms with Crippen molar-refractivity contribution < 1.29 is 29.3 Å². The van der Waals surface area contributed by atoms with Crippen LogP contribution in [0.3, 0.4) is 0 Å². The summed E-state index contributed by atoms with van der Waals surface area (Å²) in [6.45, 7) is 4.15. The van der Waals surface area contributed by atoms with Crippen LogP contribution >= 0.6 is 23.5 Å². The minimum Gasteiger partial charge on any atom is -0.508 e. The fraction of sp³-hybridized carbons (Fsp3) is 0.364. The first kappa shape index (κ1) is 24.0. The molecule has 0 heterocycles. The molecular formula is C22H26O6S2. The van der Waals surface area contributed by atoms with Gasteiger partial charge in [-0.1, -0.05) is 0 Å². The Morgan fingerprint density at radius 3 is 1.53 bits per heavy atom. The highest BCUT2D eigenvalue weighted by atomic mass is 32.2. The van der Waals surface area contributed by atoms with Crippen molar-refractivity contribution in [3.63, 3.8) is 0 Å². The molecule has 0 saturated carbocycles. The molecule has 8 heteroatoms. The Labute approximate surface area is 185 Å². The van der Waals surface area contributed by atoms with Gasteiger partial charge in [-0.2, -0.15) is 0 Å². The molecule has 2 aromatic carbocycles. The monoisotopic (exact) mass is 450 g/mol. The van der Waals surface area contributed by atoms with E-state index in [1.165, 1.54) is 23.5 Å². The number of thioether (sulfide) groups is 2. The maximum Gasteiger partial charge on any atom is 0.306 e. The molecule has 0 spiro atoms. The van der Waals surface area contributed by atoms with Crippen molar-refractivity contribution in [3.05, 3.63) is 47.5 Å². The van der Waals surface area contributed by atoms with E-state index in [4.69, 9.17) is 9.47 Å². The minimum absolute atomic E-state index is 0.00782. The third-order valence-electron chi connectivity index (χ3n) is 4.10. The second-order valence-corrected chi connectivity index (χ2v) is 8.87. The van der Waals surface area contributed by atoms with Gasteiger partial charge in [0, 0.05) is 21.3 Å². The fourth-order valence-corrected chi connectivity index (χ4v) is 4.07. The van der Waals surface area contributed by atoms with E-state index in [1.54, 1.807) is 12.1 Å². The molecule has 30 heavy (non-hydrogen) atoms. The van der Waals surface area contributed by atoms with Gasteiger partial charge in [-0.05, 0) is 61.4 Å². The van der Waals surface area contributed by atoms with Gasteiger partial charge < -0.3 is 19.7 Å². The lowest BCUT2D eigenvalue weighted by molar-refractivity contribution is -0.149. The third-order valence-corrected chi connectivity index (χ3v) is 6.02. The quantitative estimate of drug-likeness (QED) is 0.294. The largest absolute Gasteiger partial charge is 0.508 e. The van der Waals surface area contributed by atoms with E-state index in [2.05, 4.69) is 0 Å². The number of hydrogen-bond acceptors (Lipinski definition) is 8. The number of phenols is 2. The lowest BCUT2D eigenvalue weighted by Crippen LogP contribution is -2.12. The number of ether oxygens (including phenoxy) is 2. The standard InChI is InChI=1S/C22H26O6S2/c1-15-13-17(3-5-19(15)23)29-11-9-27-21(25)7-8-22(26)28-10-12-30-18-4-6-20(24)16(2)14-18/h3-6,13-14,23-24H,7-12H2,1-2H3. The van der Waals surface area contributed by atoms with Crippen LogP contribution in [-0.4, -0.2) is 46.9 Å². The summed E-state index contributed by atoms with van der Waals surface area (Å²) in [5.74, 6) is 0.841. The maximum atomic E-state index is 11.7. The summed E-state index contributed by atoms with van der Waals surface area (Å²) in [5, 5.41) is 19.0. The summed E-state index contributed by atoms with van der Waals surface area (Å²) in [6.07, 6.45) is -0.0156. The van der Waals surface area contributed by atoms with Crippen molar-refractivity contribution in [1.82, 2.24) is 0 Å². The van der Waals surface area contributed by atoms with Crippen LogP contribution < -0.4 is 0 Å². The van der Waals surface area contributed by atoms with Crippen LogP contribution in [0.4, 0.5) is 0 Å². The normalized spacial score (nSPS) is 10.6. The molecule has 0 aromatic heterocycles. The summed E-state index contributed by atoms with van der Waals surface area (Å²) in [4.78, 5) is 25.5. The van der Waals surface area contributed by atoms with Crippen LogP contribution in [0.15, 0.2) is 46.2 Å². The second kappa shape index (κ2) is 12.4. The van der Waals surface area contributed by atoms with Crippen molar-refractivity contribution in [2.45, 2.75) is 36.5 Å². The molecule has 0 unspecified atom stereocenters. The number of carbonyl (C=O) groups is 2. The van der Waals surface area contributed by atoms with E-state index >= 15 is 0 Å². The number of hydrogen-bond donors (Lipinski definition) is 2. The Kier molecular flexibility index (Phi) is 9.89. The highest BCUT2D eigenvalue weighted by Gasteiger charge is 2.09. The number of carbonyl (C=O) groups excluding carboxylic acids is 2. The average Bonchev–Trinajstić information content (AvgIpc) is 2.72. The Bertz CT molecular complexity index is 797. The molecular weight excluding hydrogens is 424 g/mol. The Morgan fingerprint density at radius 2 is 1.17 bits per heavy atom. The van der Waals surface area contributed by atoms with E-state index in [0.29, 0.717) is 11.5 Å². The van der Waals surface area contributed by atoms with Gasteiger partial charge in [-0.25, -0.2) is 0 Å². The van der Waals surface area contributed by atoms with Gasteiger partial charge in [0.1, 0.15) is 24.7 Å². The maximum absolute atomic E-state index is 11.7. The first-order valence-electron chi connectivity index (χ1n) is 9.51. The molecule has 0 fully saturated rings. The molecule has 0 aliphatic rings. The van der Waals surface area contributed by atoms with Crippen LogP contribution in [0.5, 0.6) is 11.5 Å². The minimum atomic E-state index is -0.427. The number of rotatable bonds is 11. The van der Waals surface area contributed by atoms with E-state index in [9.17, 15) is 19.8 Å². The van der Waals surface area contributed by atoms with Crippen molar-refractivity contribution >= 4 is 35.5 Å². The van der Waals surface area contributed by atoms with Gasteiger partial charge in [0.05, 0.1) is 12.8 Å². The van der Waals surface area contributed by atoms with Crippen LogP contribution in [0.25, 0.3) is 0 Å². The predicted molar refractivity (Wildman–Crippen MR) is 118 cm³/mol. The number of aryl methyl sites for hydroxylation is 2. The summed E-state index contributed by atoms with van der Waals surface area (Å²) >= 11 is 3.05. The highest BCUT2D eigenvalue weighted by molar-refractivity contribution is 7.99. The molecule has 0 amide bonds. The molecule has 6 nitrogen and oxygen atoms in total. The molecule has 0 aliphatic heterocycles. The van der Waals surface area contributed by atoms with E-state index in [-0.39, 0.29) is 37.6 Å². The van der Waals surface area contributed by atoms with Crippen LogP contribution in [0, 0.1) is 13.8 Å². The van der Waals surface area contributed by atoms with Gasteiger partial charge in [0.2, 0.25) is 0 Å². The highest BCUT2D eigenvalue weighted by Crippen LogP contribution is 2.25. The molecule has 2 aromatic rings. The van der Waals surface area contributed by atoms with Crippen LogP contribution in [0.1, 0.15) is 24.0 Å². The smallest absolute Gasteiger partial charge is 0.306 e. The first-order valence-corrected chi connectivity index (χ1v) is 11.5. The van der Waals surface area contributed by atoms with Crippen LogP contribution in [-0.2, 0) is 19.1 Å². The molecule has 2 N–H and O–H groups in total. The Hall–Kier alpha value is -2.32. The molecule has 0 saturated heterocycles. The van der Waals surface area contributed by atoms with Crippen molar-refractivity contribution in [2.75, 3.05) is 24.7 Å². The van der Waals surface area contributed by atoms with E-state index in [0.717, 1.165) is 20.9 Å². The number of aromatic hydroxyl groups is 2. The van der Waals surface area contributed by atoms with E-state index < -0.39 is 11.9 Å². The Balaban J connectivity index is 1.53. The zero-order valence-electron chi connectivity index (χ0n) is 17.1. The molecule has 0 radical (unpaired) electrons. The predicted octanol–water partition coefficient (Wildman–Crippen LogP) is 4.47. The molecule has 0 atom stereocenters. The molecule has 0 aliphatic carbocycles. The fourth-order valence-electron chi connectivity index (χ4n) is 2.41. The van der Waals surface area contributed by atoms with Gasteiger partial charge in [-0.3, -0.25) is 9.59 Å². The number of phenolic OH excluding ortho intramolecular Hbond substituents is 2. The summed E-state index contributed by atoms with van der Waals surface area (Å²) in [7, 11) is 0. The summed E-state index contributed by atoms with van der Waals surface area (Å²) in [5.41, 5.74) is 1.60. The lowest BCUT2D eigenvalue weighted by Gasteiger charge is -2.07. The summed E-state index contributed by atoms with van der Waals surface area (Å²) < 4.78 is 10.3. The van der Waals surface area contributed by atoms with Crippen molar-refractivity contribution in [2.24, 2.45) is 0 Å². The number of esters is 2. The SMILES string of the molecule is Cc1cc(SCCOC(=O)CCC(=O)OCCSc2ccc(O)c(C)c2)ccc1O. The third kappa shape index (κ3) is 8.59. The molecule has 2 rings (SSSR count). The molecule has 0 bridgehead atoms. The topological polar surface area (TPSA) is 93.1 Å². The zero-order chi connectivity index (χ0) is 21.9. The zero-order valence-corrected chi connectivity index (χ0v) is 18.7. The Morgan fingerprint density at radius 1 is 0.767 bits per heavy atom. The van der Waals surface area contributed by atoms with Crippen molar-refractivity contribution in [3.8, 4) is 11.5 Å². The average molecular weight is 451 g/mol. The summed E-state index contributed by atoms with van der Waals surface area (Å²) in [6, 6.07) is 10.6. The van der Waals surface area contributed by atoms with Gasteiger partial charge in [-0.15, -0.1) is 23.5 Å². The molecule has 162 valence electrons. The van der Waals surface area contributed by atoms with Gasteiger partial charge in [0.15, 0.2) is 0 Å². The van der Waals surface area contributed by atoms with Gasteiger partial charge >= 0.3 is 11.9 Å². The first-order chi connectivity index (χ1) is 14.3. The van der Waals surface area contributed by atoms with Crippen molar-refractivity contribution in [1.29, 1.82) is 0 Å². The van der Waals surface area contributed by atoms with E-state index in [1.807, 2.05) is 38.1 Å². The van der Waals surface area contributed by atoms with Crippen LogP contribution in [0.2, 0.25) is 0 Å². The van der Waals surface area contributed by atoms with Gasteiger partial charge in [0.25, 0.3) is 0 Å². The number of benzene rings is 2.